The number of amides is 1. The second kappa shape index (κ2) is 9.49. The Bertz CT molecular complexity index is 953. The Morgan fingerprint density at radius 2 is 1.70 bits per heavy atom. The van der Waals surface area contributed by atoms with Gasteiger partial charge in [-0.25, -0.2) is 0 Å². The van der Waals surface area contributed by atoms with Crippen LogP contribution in [-0.2, 0) is 6.61 Å². The van der Waals surface area contributed by atoms with Crippen molar-refractivity contribution in [2.24, 2.45) is 0 Å². The number of hydrogen-bond donors (Lipinski definition) is 1. The van der Waals surface area contributed by atoms with E-state index >= 15 is 0 Å². The normalized spacial score (nSPS) is 16.2. The molecule has 3 aromatic carbocycles. The van der Waals surface area contributed by atoms with Crippen molar-refractivity contribution in [3.05, 3.63) is 90.0 Å². The van der Waals surface area contributed by atoms with E-state index in [9.17, 15) is 4.79 Å². The summed E-state index contributed by atoms with van der Waals surface area (Å²) in [5.41, 5.74) is 3.75. The molecule has 0 bridgehead atoms. The van der Waals surface area contributed by atoms with E-state index < -0.39 is 0 Å². The van der Waals surface area contributed by atoms with Gasteiger partial charge in [-0.1, -0.05) is 30.3 Å². The van der Waals surface area contributed by atoms with Gasteiger partial charge in [0.25, 0.3) is 5.91 Å². The molecule has 0 aliphatic carbocycles. The van der Waals surface area contributed by atoms with E-state index in [1.807, 2.05) is 54.6 Å². The van der Waals surface area contributed by atoms with Gasteiger partial charge in [0, 0.05) is 29.5 Å². The number of ether oxygens (including phenoxy) is 1. The number of nitrogens with zero attached hydrogens (tertiary/aromatic N) is 1. The maximum Gasteiger partial charge on any atom is 0.255 e. The first-order chi connectivity index (χ1) is 14.7. The standard InChI is InChI=1S/C26H28N2O2/c1-20-7-5-6-18-28(20)24-14-12-23(13-15-24)27-26(29)22-10-16-25(17-11-22)30-19-21-8-3-2-4-9-21/h2-4,8-17,20H,5-7,18-19H2,1H3,(H,27,29)/t20-/m0/s1. The monoisotopic (exact) mass is 400 g/mol. The van der Waals surface area contributed by atoms with Crippen molar-refractivity contribution in [3.63, 3.8) is 0 Å². The topological polar surface area (TPSA) is 41.6 Å². The van der Waals surface area contributed by atoms with Crippen LogP contribution in [0.3, 0.4) is 0 Å². The van der Waals surface area contributed by atoms with Crippen molar-refractivity contribution >= 4 is 17.3 Å². The second-order valence-corrected chi connectivity index (χ2v) is 7.84. The van der Waals surface area contributed by atoms with E-state index in [1.165, 1.54) is 24.9 Å². The predicted octanol–water partition coefficient (Wildman–Crippen LogP) is 5.90. The van der Waals surface area contributed by atoms with Crippen LogP contribution in [0.15, 0.2) is 78.9 Å². The van der Waals surface area contributed by atoms with Crippen molar-refractivity contribution in [3.8, 4) is 5.75 Å². The summed E-state index contributed by atoms with van der Waals surface area (Å²) in [6, 6.07) is 26.0. The third-order valence-corrected chi connectivity index (χ3v) is 5.62. The van der Waals surface area contributed by atoms with Crippen molar-refractivity contribution < 1.29 is 9.53 Å². The smallest absolute Gasteiger partial charge is 0.255 e. The summed E-state index contributed by atoms with van der Waals surface area (Å²) in [6.07, 6.45) is 3.79. The number of carbonyl (C=O) groups excluding carboxylic acids is 1. The van der Waals surface area contributed by atoms with E-state index in [0.717, 1.165) is 23.5 Å². The van der Waals surface area contributed by atoms with Crippen LogP contribution in [-0.4, -0.2) is 18.5 Å². The highest BCUT2D eigenvalue weighted by atomic mass is 16.5. The van der Waals surface area contributed by atoms with Crippen LogP contribution >= 0.6 is 0 Å². The van der Waals surface area contributed by atoms with Crippen LogP contribution in [0.5, 0.6) is 5.75 Å². The summed E-state index contributed by atoms with van der Waals surface area (Å²) in [4.78, 5) is 15.0. The molecule has 1 N–H and O–H groups in total. The predicted molar refractivity (Wildman–Crippen MR) is 122 cm³/mol. The van der Waals surface area contributed by atoms with Gasteiger partial charge < -0.3 is 15.0 Å². The minimum Gasteiger partial charge on any atom is -0.489 e. The molecule has 1 heterocycles. The Labute approximate surface area is 178 Å². The lowest BCUT2D eigenvalue weighted by molar-refractivity contribution is 0.102. The third kappa shape index (κ3) is 5.01. The van der Waals surface area contributed by atoms with Gasteiger partial charge in [0.15, 0.2) is 0 Å². The van der Waals surface area contributed by atoms with Gasteiger partial charge in [-0.3, -0.25) is 4.79 Å². The molecule has 1 fully saturated rings. The zero-order valence-electron chi connectivity index (χ0n) is 17.4. The number of benzene rings is 3. The van der Waals surface area contributed by atoms with Crippen LogP contribution < -0.4 is 15.0 Å². The SMILES string of the molecule is C[C@H]1CCCCN1c1ccc(NC(=O)c2ccc(OCc3ccccc3)cc2)cc1. The minimum absolute atomic E-state index is 0.122. The average molecular weight is 401 g/mol. The quantitative estimate of drug-likeness (QED) is 0.560. The molecule has 0 unspecified atom stereocenters. The lowest BCUT2D eigenvalue weighted by Gasteiger charge is -2.35. The summed E-state index contributed by atoms with van der Waals surface area (Å²) in [5, 5.41) is 2.98. The summed E-state index contributed by atoms with van der Waals surface area (Å²) in [5.74, 6) is 0.624. The van der Waals surface area contributed by atoms with Gasteiger partial charge in [0.1, 0.15) is 12.4 Å². The highest BCUT2D eigenvalue weighted by Crippen LogP contribution is 2.26. The van der Waals surface area contributed by atoms with Gasteiger partial charge in [-0.05, 0) is 80.3 Å². The zero-order chi connectivity index (χ0) is 20.8. The Kier molecular flexibility index (Phi) is 6.33. The Hall–Kier alpha value is -3.27. The van der Waals surface area contributed by atoms with Crippen molar-refractivity contribution in [1.82, 2.24) is 0 Å². The maximum atomic E-state index is 12.6. The van der Waals surface area contributed by atoms with Crippen LogP contribution in [0.1, 0.15) is 42.1 Å². The molecule has 154 valence electrons. The van der Waals surface area contributed by atoms with E-state index in [1.54, 1.807) is 12.1 Å². The first kappa shape index (κ1) is 20.0. The van der Waals surface area contributed by atoms with Gasteiger partial charge in [0.05, 0.1) is 0 Å². The van der Waals surface area contributed by atoms with Crippen molar-refractivity contribution in [2.45, 2.75) is 38.8 Å². The highest BCUT2D eigenvalue weighted by Gasteiger charge is 2.18. The molecule has 30 heavy (non-hydrogen) atoms. The lowest BCUT2D eigenvalue weighted by atomic mass is 10.0. The van der Waals surface area contributed by atoms with Crippen LogP contribution in [0.25, 0.3) is 0 Å². The summed E-state index contributed by atoms with van der Waals surface area (Å²) >= 11 is 0. The van der Waals surface area contributed by atoms with Crippen LogP contribution in [0.2, 0.25) is 0 Å². The molecule has 1 saturated heterocycles. The molecule has 1 atom stereocenters. The fourth-order valence-electron chi connectivity index (χ4n) is 3.86. The van der Waals surface area contributed by atoms with Crippen molar-refractivity contribution in [2.75, 3.05) is 16.8 Å². The first-order valence-corrected chi connectivity index (χ1v) is 10.6. The molecule has 1 amide bonds. The first-order valence-electron chi connectivity index (χ1n) is 10.6. The molecule has 0 spiro atoms. The number of nitrogens with one attached hydrogen (secondary N) is 1. The molecule has 4 heteroatoms. The Morgan fingerprint density at radius 3 is 2.40 bits per heavy atom. The number of hydrogen-bond acceptors (Lipinski definition) is 3. The highest BCUT2D eigenvalue weighted by molar-refractivity contribution is 6.04. The largest absolute Gasteiger partial charge is 0.489 e. The molecule has 0 saturated carbocycles. The molecular formula is C26H28N2O2. The van der Waals surface area contributed by atoms with Gasteiger partial charge in [0.2, 0.25) is 0 Å². The van der Waals surface area contributed by atoms with Gasteiger partial charge in [-0.15, -0.1) is 0 Å². The molecule has 0 aromatic heterocycles. The minimum atomic E-state index is -0.122. The van der Waals surface area contributed by atoms with E-state index in [0.29, 0.717) is 18.2 Å². The molecular weight excluding hydrogens is 372 g/mol. The van der Waals surface area contributed by atoms with Gasteiger partial charge >= 0.3 is 0 Å². The molecule has 1 aliphatic heterocycles. The lowest BCUT2D eigenvalue weighted by Crippen LogP contribution is -2.37. The van der Waals surface area contributed by atoms with E-state index in [4.69, 9.17) is 4.74 Å². The summed E-state index contributed by atoms with van der Waals surface area (Å²) < 4.78 is 5.79. The van der Waals surface area contributed by atoms with Crippen molar-refractivity contribution in [1.29, 1.82) is 0 Å². The molecule has 1 aliphatic rings. The summed E-state index contributed by atoms with van der Waals surface area (Å²) in [7, 11) is 0. The maximum absolute atomic E-state index is 12.6. The van der Waals surface area contributed by atoms with Crippen LogP contribution in [0, 0.1) is 0 Å². The average Bonchev–Trinajstić information content (AvgIpc) is 2.80. The Balaban J connectivity index is 1.33. The van der Waals surface area contributed by atoms with Gasteiger partial charge in [-0.2, -0.15) is 0 Å². The number of rotatable bonds is 6. The fourth-order valence-corrected chi connectivity index (χ4v) is 3.86. The number of anilines is 2. The third-order valence-electron chi connectivity index (χ3n) is 5.62. The number of carbonyl (C=O) groups is 1. The van der Waals surface area contributed by atoms with E-state index in [-0.39, 0.29) is 5.91 Å². The van der Waals surface area contributed by atoms with Crippen LogP contribution in [0.4, 0.5) is 11.4 Å². The fraction of sp³-hybridized carbons (Fsp3) is 0.269. The molecule has 4 nitrogen and oxygen atoms in total. The Morgan fingerprint density at radius 1 is 0.967 bits per heavy atom. The molecule has 3 aromatic rings. The number of piperidine rings is 1. The van der Waals surface area contributed by atoms with E-state index in [2.05, 4.69) is 29.3 Å². The molecule has 4 rings (SSSR count). The second-order valence-electron chi connectivity index (χ2n) is 7.84. The molecule has 0 radical (unpaired) electrons. The summed E-state index contributed by atoms with van der Waals surface area (Å²) in [6.45, 7) is 3.89. The zero-order valence-corrected chi connectivity index (χ0v) is 17.4.